The number of carbonyl (C=O) groups is 1. The van der Waals surface area contributed by atoms with E-state index in [1.807, 2.05) is 43.1 Å². The SMILES string of the molecule is COc1cc(NS(C)(=O)=O)ccc1N(C)c1c2cccc(C)c2nc2c(C(N)=O)cccc12. The van der Waals surface area contributed by atoms with Crippen LogP contribution in [-0.4, -0.2) is 39.7 Å². The molecule has 0 spiro atoms. The molecule has 1 heterocycles. The van der Waals surface area contributed by atoms with Gasteiger partial charge in [0.25, 0.3) is 5.91 Å². The lowest BCUT2D eigenvalue weighted by atomic mass is 10.0. The van der Waals surface area contributed by atoms with Gasteiger partial charge in [0.1, 0.15) is 5.75 Å². The first-order valence-corrected chi connectivity index (χ1v) is 12.0. The Bertz CT molecular complexity index is 1520. The van der Waals surface area contributed by atoms with Crippen molar-refractivity contribution in [1.29, 1.82) is 0 Å². The molecule has 0 aliphatic carbocycles. The molecule has 170 valence electrons. The molecule has 4 aromatic rings. The van der Waals surface area contributed by atoms with Gasteiger partial charge >= 0.3 is 0 Å². The quantitative estimate of drug-likeness (QED) is 0.418. The lowest BCUT2D eigenvalue weighted by Crippen LogP contribution is -2.15. The maximum Gasteiger partial charge on any atom is 0.250 e. The van der Waals surface area contributed by atoms with Crippen LogP contribution in [0, 0.1) is 6.92 Å². The third-order valence-electron chi connectivity index (χ3n) is 5.45. The Morgan fingerprint density at radius 1 is 1.06 bits per heavy atom. The number of ether oxygens (including phenoxy) is 1. The van der Waals surface area contributed by atoms with Gasteiger partial charge in [0.2, 0.25) is 10.0 Å². The number of amides is 1. The standard InChI is InChI=1S/C24H24N4O4S/c1-14-7-5-8-16-21(14)26-22-17(9-6-10-18(22)24(25)29)23(16)28(2)19-12-11-15(13-20(19)32-3)27-33(4,30)31/h5-13,27H,1-4H3,(H2,25,29). The molecule has 3 N–H and O–H groups in total. The Hall–Kier alpha value is -3.85. The number of carbonyl (C=O) groups excluding carboxylic acids is 1. The third-order valence-corrected chi connectivity index (χ3v) is 6.06. The molecule has 0 saturated heterocycles. The summed E-state index contributed by atoms with van der Waals surface area (Å²) in [6.07, 6.45) is 1.09. The average Bonchev–Trinajstić information content (AvgIpc) is 2.76. The van der Waals surface area contributed by atoms with Crippen LogP contribution in [0.5, 0.6) is 5.75 Å². The monoisotopic (exact) mass is 464 g/mol. The van der Waals surface area contributed by atoms with Crippen molar-refractivity contribution in [2.75, 3.05) is 30.0 Å². The number of nitrogens with zero attached hydrogens (tertiary/aromatic N) is 2. The van der Waals surface area contributed by atoms with E-state index < -0.39 is 15.9 Å². The van der Waals surface area contributed by atoms with Gasteiger partial charge in [0.05, 0.1) is 47.0 Å². The first-order chi connectivity index (χ1) is 15.6. The van der Waals surface area contributed by atoms with Gasteiger partial charge < -0.3 is 15.4 Å². The van der Waals surface area contributed by atoms with Crippen molar-refractivity contribution in [3.63, 3.8) is 0 Å². The van der Waals surface area contributed by atoms with E-state index >= 15 is 0 Å². The Kier molecular flexibility index (Phi) is 5.59. The predicted molar refractivity (Wildman–Crippen MR) is 132 cm³/mol. The van der Waals surface area contributed by atoms with Gasteiger partial charge in [-0.25, -0.2) is 13.4 Å². The zero-order chi connectivity index (χ0) is 23.9. The normalized spacial score (nSPS) is 11.5. The minimum absolute atomic E-state index is 0.340. The predicted octanol–water partition coefficient (Wildman–Crippen LogP) is 3.94. The fourth-order valence-corrected chi connectivity index (χ4v) is 4.58. The van der Waals surface area contributed by atoms with Crippen LogP contribution in [0.2, 0.25) is 0 Å². The van der Waals surface area contributed by atoms with Gasteiger partial charge in [-0.15, -0.1) is 0 Å². The maximum absolute atomic E-state index is 12.1. The number of aryl methyl sites for hydroxylation is 1. The topological polar surface area (TPSA) is 115 Å². The number of pyridine rings is 1. The molecule has 0 atom stereocenters. The van der Waals surface area contributed by atoms with Crippen LogP contribution < -0.4 is 20.1 Å². The molecular formula is C24H24N4O4S. The summed E-state index contributed by atoms with van der Waals surface area (Å²) >= 11 is 0. The summed E-state index contributed by atoms with van der Waals surface area (Å²) in [4.78, 5) is 18.9. The summed E-state index contributed by atoms with van der Waals surface area (Å²) in [7, 11) is -0.0272. The number of nitrogens with two attached hydrogens (primary N) is 1. The minimum Gasteiger partial charge on any atom is -0.494 e. The number of aromatic nitrogens is 1. The van der Waals surface area contributed by atoms with Crippen molar-refractivity contribution in [2.45, 2.75) is 6.92 Å². The van der Waals surface area contributed by atoms with Gasteiger partial charge in [-0.1, -0.05) is 30.3 Å². The summed E-state index contributed by atoms with van der Waals surface area (Å²) in [5.41, 5.74) is 10.1. The van der Waals surface area contributed by atoms with Crippen molar-refractivity contribution in [2.24, 2.45) is 5.73 Å². The highest BCUT2D eigenvalue weighted by atomic mass is 32.2. The number of anilines is 3. The molecule has 0 bridgehead atoms. The van der Waals surface area contributed by atoms with Crippen LogP contribution in [0.1, 0.15) is 15.9 Å². The number of benzene rings is 3. The third kappa shape index (κ3) is 4.14. The molecule has 3 aromatic carbocycles. The number of hydrogen-bond acceptors (Lipinski definition) is 6. The Labute approximate surface area is 192 Å². The second-order valence-corrected chi connectivity index (χ2v) is 9.57. The summed E-state index contributed by atoms with van der Waals surface area (Å²) in [6.45, 7) is 1.96. The number of hydrogen-bond donors (Lipinski definition) is 2. The second-order valence-electron chi connectivity index (χ2n) is 7.82. The molecule has 0 fully saturated rings. The molecule has 0 aliphatic rings. The number of nitrogens with one attached hydrogen (secondary N) is 1. The molecule has 8 nitrogen and oxygen atoms in total. The van der Waals surface area contributed by atoms with Crippen LogP contribution in [0.3, 0.4) is 0 Å². The van der Waals surface area contributed by atoms with Crippen molar-refractivity contribution in [3.8, 4) is 5.75 Å². The smallest absolute Gasteiger partial charge is 0.250 e. The number of methoxy groups -OCH3 is 1. The molecule has 0 radical (unpaired) electrons. The molecule has 1 aromatic heterocycles. The van der Waals surface area contributed by atoms with Gasteiger partial charge in [-0.05, 0) is 30.7 Å². The van der Waals surface area contributed by atoms with E-state index in [1.165, 1.54) is 7.11 Å². The van der Waals surface area contributed by atoms with Crippen molar-refractivity contribution < 1.29 is 17.9 Å². The zero-order valence-electron chi connectivity index (χ0n) is 18.7. The summed E-state index contributed by atoms with van der Waals surface area (Å²) in [5.74, 6) is -0.0774. The summed E-state index contributed by atoms with van der Waals surface area (Å²) in [6, 6.07) is 16.3. The molecule has 1 amide bonds. The molecule has 33 heavy (non-hydrogen) atoms. The zero-order valence-corrected chi connectivity index (χ0v) is 19.5. The highest BCUT2D eigenvalue weighted by molar-refractivity contribution is 7.92. The van der Waals surface area contributed by atoms with E-state index in [-0.39, 0.29) is 0 Å². The molecule has 0 unspecified atom stereocenters. The Balaban J connectivity index is 2.01. The fourth-order valence-electron chi connectivity index (χ4n) is 4.02. The van der Waals surface area contributed by atoms with Gasteiger partial charge in [-0.2, -0.15) is 0 Å². The summed E-state index contributed by atoms with van der Waals surface area (Å²) in [5, 5.41) is 1.65. The first kappa shape index (κ1) is 22.3. The van der Waals surface area contributed by atoms with E-state index in [0.717, 1.165) is 33.8 Å². The van der Waals surface area contributed by atoms with Crippen LogP contribution in [0.25, 0.3) is 21.8 Å². The number of sulfonamides is 1. The Morgan fingerprint density at radius 3 is 2.36 bits per heavy atom. The van der Waals surface area contributed by atoms with Crippen molar-refractivity contribution >= 4 is 54.8 Å². The van der Waals surface area contributed by atoms with E-state index in [1.54, 1.807) is 30.3 Å². The van der Waals surface area contributed by atoms with Crippen LogP contribution in [0.4, 0.5) is 17.1 Å². The summed E-state index contributed by atoms with van der Waals surface area (Å²) < 4.78 is 31.3. The van der Waals surface area contributed by atoms with Gasteiger partial charge in [-0.3, -0.25) is 9.52 Å². The van der Waals surface area contributed by atoms with Crippen LogP contribution in [0.15, 0.2) is 54.6 Å². The van der Waals surface area contributed by atoms with Crippen molar-refractivity contribution in [3.05, 3.63) is 65.7 Å². The lowest BCUT2D eigenvalue weighted by molar-refractivity contribution is 0.100. The minimum atomic E-state index is -3.43. The highest BCUT2D eigenvalue weighted by Gasteiger charge is 2.21. The van der Waals surface area contributed by atoms with Crippen LogP contribution >= 0.6 is 0 Å². The van der Waals surface area contributed by atoms with Crippen molar-refractivity contribution in [1.82, 2.24) is 4.98 Å². The molecular weight excluding hydrogens is 440 g/mol. The lowest BCUT2D eigenvalue weighted by Gasteiger charge is -2.26. The first-order valence-electron chi connectivity index (χ1n) is 10.1. The largest absolute Gasteiger partial charge is 0.494 e. The van der Waals surface area contributed by atoms with E-state index in [2.05, 4.69) is 4.72 Å². The van der Waals surface area contributed by atoms with Gasteiger partial charge in [0.15, 0.2) is 0 Å². The number of rotatable bonds is 6. The molecule has 4 rings (SSSR count). The average molecular weight is 465 g/mol. The molecule has 0 aliphatic heterocycles. The van der Waals surface area contributed by atoms with Crippen LogP contribution in [-0.2, 0) is 10.0 Å². The van der Waals surface area contributed by atoms with E-state index in [0.29, 0.717) is 28.2 Å². The maximum atomic E-state index is 12.1. The van der Waals surface area contributed by atoms with E-state index in [4.69, 9.17) is 15.5 Å². The number of para-hydroxylation sites is 2. The highest BCUT2D eigenvalue weighted by Crippen LogP contribution is 2.42. The molecule has 9 heteroatoms. The van der Waals surface area contributed by atoms with Gasteiger partial charge in [0, 0.05) is 23.9 Å². The fraction of sp³-hybridized carbons (Fsp3) is 0.167. The Morgan fingerprint density at radius 2 is 1.73 bits per heavy atom. The van der Waals surface area contributed by atoms with E-state index in [9.17, 15) is 13.2 Å². The second kappa shape index (κ2) is 8.25. The molecule has 0 saturated carbocycles. The number of fused-ring (bicyclic) bond motifs is 2. The number of primary amides is 1.